The summed E-state index contributed by atoms with van der Waals surface area (Å²) in [4.78, 5) is 10.7. The van der Waals surface area contributed by atoms with E-state index in [0.717, 1.165) is 17.8 Å². The number of carbonyl (C=O) groups is 1. The summed E-state index contributed by atoms with van der Waals surface area (Å²) in [6.07, 6.45) is 7.01. The molecular formula is C10H12O. The minimum Gasteiger partial charge on any atom is -0.303 e. The zero-order valence-electron chi connectivity index (χ0n) is 6.55. The third-order valence-electron chi connectivity index (χ3n) is 4.98. The van der Waals surface area contributed by atoms with E-state index in [0.29, 0.717) is 10.8 Å². The van der Waals surface area contributed by atoms with Crippen LogP contribution in [-0.2, 0) is 4.79 Å². The highest BCUT2D eigenvalue weighted by Crippen LogP contribution is 3.19. The first kappa shape index (κ1) is 5.34. The lowest BCUT2D eigenvalue weighted by molar-refractivity contribution is -0.109. The van der Waals surface area contributed by atoms with Crippen molar-refractivity contribution in [2.24, 2.45) is 28.6 Å². The Kier molecular flexibility index (Phi) is 0.535. The van der Waals surface area contributed by atoms with E-state index in [-0.39, 0.29) is 0 Å². The van der Waals surface area contributed by atoms with Crippen LogP contribution in [0.5, 0.6) is 0 Å². The second-order valence-electron chi connectivity index (χ2n) is 4.92. The highest BCUT2D eigenvalue weighted by Gasteiger charge is 3.20. The van der Waals surface area contributed by atoms with E-state index >= 15 is 0 Å². The first-order chi connectivity index (χ1) is 5.40. The van der Waals surface area contributed by atoms with Crippen molar-refractivity contribution in [1.82, 2.24) is 0 Å². The van der Waals surface area contributed by atoms with Crippen molar-refractivity contribution in [2.45, 2.75) is 25.7 Å². The van der Waals surface area contributed by atoms with E-state index in [4.69, 9.17) is 0 Å². The van der Waals surface area contributed by atoms with Gasteiger partial charge in [0.25, 0.3) is 0 Å². The van der Waals surface area contributed by atoms with Crippen molar-refractivity contribution >= 4 is 6.29 Å². The average Bonchev–Trinajstić information content (AvgIpc) is 2.95. The quantitative estimate of drug-likeness (QED) is 0.544. The lowest BCUT2D eigenvalue weighted by atomic mass is 10.00. The van der Waals surface area contributed by atoms with E-state index < -0.39 is 0 Å². The molecule has 5 aliphatic carbocycles. The molecule has 0 N–H and O–H groups in total. The third-order valence-corrected chi connectivity index (χ3v) is 4.98. The topological polar surface area (TPSA) is 17.1 Å². The SMILES string of the molecule is O=CC12C3C1C32C1CCCC1. The Morgan fingerprint density at radius 2 is 1.82 bits per heavy atom. The van der Waals surface area contributed by atoms with Gasteiger partial charge in [0.05, 0.1) is 0 Å². The van der Waals surface area contributed by atoms with Crippen molar-refractivity contribution in [3.05, 3.63) is 0 Å². The lowest BCUT2D eigenvalue weighted by Crippen LogP contribution is -1.98. The standard InChI is InChI=1S/C10H12O/c11-5-9-7-8(9)10(7,9)6-3-1-2-4-6/h5-8H,1-4H2. The Balaban J connectivity index is 1.67. The van der Waals surface area contributed by atoms with Gasteiger partial charge in [-0.2, -0.15) is 0 Å². The van der Waals surface area contributed by atoms with Gasteiger partial charge in [0.1, 0.15) is 6.29 Å². The van der Waals surface area contributed by atoms with Crippen molar-refractivity contribution < 1.29 is 4.79 Å². The molecule has 0 spiro atoms. The van der Waals surface area contributed by atoms with Gasteiger partial charge in [0, 0.05) is 5.41 Å². The summed E-state index contributed by atoms with van der Waals surface area (Å²) in [6.45, 7) is 0. The third kappa shape index (κ3) is 0.285. The fourth-order valence-electron chi connectivity index (χ4n) is 4.24. The van der Waals surface area contributed by atoms with E-state index in [2.05, 4.69) is 0 Å². The summed E-state index contributed by atoms with van der Waals surface area (Å²) >= 11 is 0. The average molecular weight is 148 g/mol. The molecule has 0 amide bonds. The normalized spacial score (nSPS) is 69.1. The van der Waals surface area contributed by atoms with Crippen LogP contribution in [0.2, 0.25) is 0 Å². The van der Waals surface area contributed by atoms with Gasteiger partial charge >= 0.3 is 0 Å². The summed E-state index contributed by atoms with van der Waals surface area (Å²) in [5.74, 6) is 2.80. The van der Waals surface area contributed by atoms with E-state index in [1.54, 1.807) is 0 Å². The van der Waals surface area contributed by atoms with Crippen LogP contribution in [0.25, 0.3) is 0 Å². The van der Waals surface area contributed by atoms with Gasteiger partial charge in [-0.3, -0.25) is 0 Å². The van der Waals surface area contributed by atoms with Gasteiger partial charge in [-0.15, -0.1) is 0 Å². The molecule has 0 heterocycles. The summed E-state index contributed by atoms with van der Waals surface area (Å²) in [5.41, 5.74) is 0.979. The van der Waals surface area contributed by atoms with Crippen LogP contribution in [0.15, 0.2) is 0 Å². The number of aldehydes is 1. The molecule has 0 aromatic heterocycles. The molecule has 5 aliphatic rings. The molecule has 0 aromatic rings. The second-order valence-corrected chi connectivity index (χ2v) is 4.92. The Labute approximate surface area is 66.2 Å². The lowest BCUT2D eigenvalue weighted by Gasteiger charge is -2.04. The first-order valence-corrected chi connectivity index (χ1v) is 4.87. The smallest absolute Gasteiger partial charge is 0.127 e. The molecule has 5 saturated carbocycles. The fourth-order valence-corrected chi connectivity index (χ4v) is 4.24. The van der Waals surface area contributed by atoms with Gasteiger partial charge in [-0.25, -0.2) is 0 Å². The maximum Gasteiger partial charge on any atom is 0.127 e. The summed E-state index contributed by atoms with van der Waals surface area (Å²) in [6, 6.07) is 0. The number of hydrogen-bond acceptors (Lipinski definition) is 1. The minimum absolute atomic E-state index is 0.321. The molecule has 2 unspecified atom stereocenters. The van der Waals surface area contributed by atoms with E-state index in [1.165, 1.54) is 32.0 Å². The number of hydrogen-bond donors (Lipinski definition) is 0. The highest BCUT2D eigenvalue weighted by atomic mass is 16.1. The Morgan fingerprint density at radius 3 is 2.27 bits per heavy atom. The predicted octanol–water partition coefficient (Wildman–Crippen LogP) is 1.62. The molecule has 0 aliphatic heterocycles. The molecule has 5 fully saturated rings. The summed E-state index contributed by atoms with van der Waals surface area (Å²) in [5, 5.41) is 0. The summed E-state index contributed by atoms with van der Waals surface area (Å²) in [7, 11) is 0. The number of carbonyl (C=O) groups excluding carboxylic acids is 1. The molecule has 5 rings (SSSR count). The van der Waals surface area contributed by atoms with Crippen molar-refractivity contribution in [2.75, 3.05) is 0 Å². The van der Waals surface area contributed by atoms with Crippen LogP contribution >= 0.6 is 0 Å². The van der Waals surface area contributed by atoms with Crippen molar-refractivity contribution in [1.29, 1.82) is 0 Å². The van der Waals surface area contributed by atoms with Crippen molar-refractivity contribution in [3.63, 3.8) is 0 Å². The monoisotopic (exact) mass is 148 g/mol. The first-order valence-electron chi connectivity index (χ1n) is 4.87. The van der Waals surface area contributed by atoms with Crippen LogP contribution in [0.1, 0.15) is 25.7 Å². The van der Waals surface area contributed by atoms with Gasteiger partial charge in [-0.1, -0.05) is 12.8 Å². The zero-order valence-corrected chi connectivity index (χ0v) is 6.55. The Morgan fingerprint density at radius 1 is 1.18 bits per heavy atom. The van der Waals surface area contributed by atoms with Gasteiger partial charge in [0.2, 0.25) is 0 Å². The Hall–Kier alpha value is -0.330. The fraction of sp³-hybridized carbons (Fsp3) is 0.900. The summed E-state index contributed by atoms with van der Waals surface area (Å²) < 4.78 is 0. The maximum absolute atomic E-state index is 10.7. The minimum atomic E-state index is 0.321. The molecular weight excluding hydrogens is 136 g/mol. The van der Waals surface area contributed by atoms with Crippen LogP contribution in [0.3, 0.4) is 0 Å². The van der Waals surface area contributed by atoms with E-state index in [1.807, 2.05) is 0 Å². The van der Waals surface area contributed by atoms with Gasteiger partial charge in [0.15, 0.2) is 0 Å². The van der Waals surface area contributed by atoms with Crippen LogP contribution in [-0.4, -0.2) is 6.29 Å². The molecule has 11 heavy (non-hydrogen) atoms. The van der Waals surface area contributed by atoms with E-state index in [9.17, 15) is 4.79 Å². The van der Waals surface area contributed by atoms with Crippen LogP contribution in [0, 0.1) is 28.6 Å². The highest BCUT2D eigenvalue weighted by molar-refractivity contribution is 5.90. The number of rotatable bonds is 2. The molecule has 0 radical (unpaired) electrons. The zero-order chi connectivity index (χ0) is 7.27. The molecule has 58 valence electrons. The largest absolute Gasteiger partial charge is 0.303 e. The van der Waals surface area contributed by atoms with Gasteiger partial charge in [-0.05, 0) is 36.0 Å². The van der Waals surface area contributed by atoms with Gasteiger partial charge < -0.3 is 4.79 Å². The second kappa shape index (κ2) is 1.10. The molecule has 1 nitrogen and oxygen atoms in total. The van der Waals surface area contributed by atoms with Crippen LogP contribution in [0.4, 0.5) is 0 Å². The predicted molar refractivity (Wildman–Crippen MR) is 39.9 cm³/mol. The Bertz CT molecular complexity index is 252. The molecule has 0 aromatic carbocycles. The van der Waals surface area contributed by atoms with Crippen molar-refractivity contribution in [3.8, 4) is 0 Å². The molecule has 0 saturated heterocycles. The van der Waals surface area contributed by atoms with Crippen LogP contribution < -0.4 is 0 Å². The molecule has 0 bridgehead atoms. The molecule has 2 atom stereocenters. The maximum atomic E-state index is 10.7. The molecule has 1 heteroatoms.